The maximum absolute atomic E-state index is 5.21. The lowest BCUT2D eigenvalue weighted by Gasteiger charge is -2.16. The molecule has 0 aliphatic heterocycles. The zero-order valence-corrected chi connectivity index (χ0v) is 13.2. The van der Waals surface area contributed by atoms with Crippen molar-refractivity contribution in [2.75, 3.05) is 13.7 Å². The van der Waals surface area contributed by atoms with Crippen LogP contribution in [0.5, 0.6) is 5.75 Å². The van der Waals surface area contributed by atoms with Crippen molar-refractivity contribution in [3.8, 4) is 5.75 Å². The lowest BCUT2D eigenvalue weighted by molar-refractivity contribution is 0.414. The molecule has 0 saturated carbocycles. The van der Waals surface area contributed by atoms with Gasteiger partial charge in [-0.1, -0.05) is 26.0 Å². The monoisotopic (exact) mass is 287 g/mol. The fourth-order valence-electron chi connectivity index (χ4n) is 2.46. The average Bonchev–Trinajstić information content (AvgIpc) is 2.96. The number of aryl methyl sites for hydroxylation is 1. The van der Waals surface area contributed by atoms with Crippen LogP contribution in [0.4, 0.5) is 0 Å². The molecular formula is C17H25N3O. The lowest BCUT2D eigenvalue weighted by Crippen LogP contribution is -2.22. The van der Waals surface area contributed by atoms with Crippen molar-refractivity contribution in [1.82, 2.24) is 15.1 Å². The van der Waals surface area contributed by atoms with Crippen molar-refractivity contribution in [2.45, 2.75) is 39.3 Å². The predicted octanol–water partition coefficient (Wildman–Crippen LogP) is 3.20. The number of hydrogen-bond donors (Lipinski definition) is 1. The van der Waals surface area contributed by atoms with E-state index in [1.807, 2.05) is 23.0 Å². The highest BCUT2D eigenvalue weighted by molar-refractivity contribution is 5.28. The number of nitrogens with one attached hydrogen (secondary N) is 1. The van der Waals surface area contributed by atoms with Crippen LogP contribution in [0, 0.1) is 0 Å². The molecule has 0 bridgehead atoms. The number of benzene rings is 1. The van der Waals surface area contributed by atoms with E-state index in [4.69, 9.17) is 4.74 Å². The molecule has 0 aliphatic rings. The van der Waals surface area contributed by atoms with Gasteiger partial charge < -0.3 is 10.1 Å². The Labute approximate surface area is 127 Å². The van der Waals surface area contributed by atoms with Crippen LogP contribution in [0.15, 0.2) is 36.7 Å². The Kier molecular flexibility index (Phi) is 5.81. The van der Waals surface area contributed by atoms with Gasteiger partial charge >= 0.3 is 0 Å². The van der Waals surface area contributed by atoms with Gasteiger partial charge in [-0.2, -0.15) is 5.10 Å². The van der Waals surface area contributed by atoms with Gasteiger partial charge in [0.15, 0.2) is 0 Å². The summed E-state index contributed by atoms with van der Waals surface area (Å²) < 4.78 is 7.23. The highest BCUT2D eigenvalue weighted by Crippen LogP contribution is 2.20. The molecule has 0 aliphatic carbocycles. The third kappa shape index (κ3) is 4.33. The summed E-state index contributed by atoms with van der Waals surface area (Å²) in [4.78, 5) is 0. The highest BCUT2D eigenvalue weighted by atomic mass is 16.5. The first-order valence-corrected chi connectivity index (χ1v) is 7.65. The topological polar surface area (TPSA) is 39.1 Å². The van der Waals surface area contributed by atoms with Crippen LogP contribution >= 0.6 is 0 Å². The van der Waals surface area contributed by atoms with E-state index in [2.05, 4.69) is 42.6 Å². The molecule has 2 aromatic rings. The summed E-state index contributed by atoms with van der Waals surface area (Å²) in [6.07, 6.45) is 6.19. The molecule has 0 fully saturated rings. The third-order valence-electron chi connectivity index (χ3n) is 3.56. The first-order valence-electron chi connectivity index (χ1n) is 7.65. The minimum atomic E-state index is 0.300. The number of nitrogens with zero attached hydrogens (tertiary/aromatic N) is 2. The van der Waals surface area contributed by atoms with Crippen molar-refractivity contribution in [3.63, 3.8) is 0 Å². The lowest BCUT2D eigenvalue weighted by atomic mass is 10.0. The molecule has 0 saturated heterocycles. The van der Waals surface area contributed by atoms with Gasteiger partial charge in [-0.15, -0.1) is 0 Å². The first kappa shape index (κ1) is 15.6. The molecule has 21 heavy (non-hydrogen) atoms. The molecular weight excluding hydrogens is 262 g/mol. The summed E-state index contributed by atoms with van der Waals surface area (Å²) in [6.45, 7) is 6.22. The van der Waals surface area contributed by atoms with Gasteiger partial charge in [-0.3, -0.25) is 4.68 Å². The number of ether oxygens (including phenoxy) is 1. The van der Waals surface area contributed by atoms with Crippen molar-refractivity contribution < 1.29 is 4.74 Å². The molecule has 1 N–H and O–H groups in total. The van der Waals surface area contributed by atoms with Gasteiger partial charge in [0.25, 0.3) is 0 Å². The minimum absolute atomic E-state index is 0.300. The quantitative estimate of drug-likeness (QED) is 0.810. The smallest absolute Gasteiger partial charge is 0.118 e. The fourth-order valence-corrected chi connectivity index (χ4v) is 2.46. The summed E-state index contributed by atoms with van der Waals surface area (Å²) in [5.74, 6) is 0.898. The number of rotatable bonds is 8. The zero-order valence-electron chi connectivity index (χ0n) is 13.2. The predicted molar refractivity (Wildman–Crippen MR) is 85.6 cm³/mol. The van der Waals surface area contributed by atoms with Gasteiger partial charge in [0.2, 0.25) is 0 Å². The normalized spacial score (nSPS) is 12.3. The van der Waals surface area contributed by atoms with E-state index in [0.29, 0.717) is 6.04 Å². The van der Waals surface area contributed by atoms with Crippen LogP contribution in [-0.2, 0) is 13.0 Å². The Balaban J connectivity index is 2.09. The Hall–Kier alpha value is -1.81. The fraction of sp³-hybridized carbons (Fsp3) is 0.471. The molecule has 0 spiro atoms. The van der Waals surface area contributed by atoms with Crippen molar-refractivity contribution in [2.24, 2.45) is 0 Å². The molecule has 1 aromatic heterocycles. The molecule has 0 amide bonds. The van der Waals surface area contributed by atoms with E-state index < -0.39 is 0 Å². The second kappa shape index (κ2) is 7.84. The van der Waals surface area contributed by atoms with E-state index in [0.717, 1.165) is 31.7 Å². The maximum Gasteiger partial charge on any atom is 0.118 e. The van der Waals surface area contributed by atoms with E-state index in [1.54, 1.807) is 7.11 Å². The summed E-state index contributed by atoms with van der Waals surface area (Å²) in [6, 6.07) is 8.57. The van der Waals surface area contributed by atoms with Crippen LogP contribution < -0.4 is 10.1 Å². The second-order valence-electron chi connectivity index (χ2n) is 5.20. The molecule has 1 unspecified atom stereocenters. The van der Waals surface area contributed by atoms with E-state index in [-0.39, 0.29) is 0 Å². The SMILES string of the molecule is CCCn1cc(C(Cc2ccc(OC)cc2)NCC)cn1. The Morgan fingerprint density at radius 1 is 1.24 bits per heavy atom. The van der Waals surface area contributed by atoms with Crippen molar-refractivity contribution >= 4 is 0 Å². The number of methoxy groups -OCH3 is 1. The van der Waals surface area contributed by atoms with Crippen LogP contribution in [0.1, 0.15) is 37.4 Å². The van der Waals surface area contributed by atoms with Gasteiger partial charge in [0.1, 0.15) is 5.75 Å². The summed E-state index contributed by atoms with van der Waals surface area (Å²) in [7, 11) is 1.69. The van der Waals surface area contributed by atoms with E-state index >= 15 is 0 Å². The van der Waals surface area contributed by atoms with Crippen LogP contribution in [0.25, 0.3) is 0 Å². The number of likely N-dealkylation sites (N-methyl/N-ethyl adjacent to an activating group) is 1. The van der Waals surface area contributed by atoms with Crippen LogP contribution in [0.2, 0.25) is 0 Å². The molecule has 1 heterocycles. The molecule has 1 atom stereocenters. The van der Waals surface area contributed by atoms with Gasteiger partial charge in [0.05, 0.1) is 13.3 Å². The van der Waals surface area contributed by atoms with Gasteiger partial charge in [0, 0.05) is 24.3 Å². The van der Waals surface area contributed by atoms with Gasteiger partial charge in [-0.05, 0) is 37.1 Å². The molecule has 4 heteroatoms. The summed E-state index contributed by atoms with van der Waals surface area (Å²) in [5, 5.41) is 7.98. The first-order chi connectivity index (χ1) is 10.3. The molecule has 4 nitrogen and oxygen atoms in total. The van der Waals surface area contributed by atoms with Crippen LogP contribution in [-0.4, -0.2) is 23.4 Å². The summed E-state index contributed by atoms with van der Waals surface area (Å²) in [5.41, 5.74) is 2.55. The molecule has 1 aromatic carbocycles. The molecule has 2 rings (SSSR count). The third-order valence-corrected chi connectivity index (χ3v) is 3.56. The van der Waals surface area contributed by atoms with E-state index in [1.165, 1.54) is 11.1 Å². The molecule has 0 radical (unpaired) electrons. The zero-order chi connectivity index (χ0) is 15.1. The molecule has 114 valence electrons. The standard InChI is InChI=1S/C17H25N3O/c1-4-10-20-13-15(12-19-20)17(18-5-2)11-14-6-8-16(21-3)9-7-14/h6-9,12-13,17-18H,4-5,10-11H2,1-3H3. The van der Waals surface area contributed by atoms with E-state index in [9.17, 15) is 0 Å². The van der Waals surface area contributed by atoms with Crippen molar-refractivity contribution in [1.29, 1.82) is 0 Å². The summed E-state index contributed by atoms with van der Waals surface area (Å²) >= 11 is 0. The Bertz CT molecular complexity index is 533. The maximum atomic E-state index is 5.21. The largest absolute Gasteiger partial charge is 0.497 e. The highest BCUT2D eigenvalue weighted by Gasteiger charge is 2.13. The van der Waals surface area contributed by atoms with Gasteiger partial charge in [-0.25, -0.2) is 0 Å². The second-order valence-corrected chi connectivity index (χ2v) is 5.20. The average molecular weight is 287 g/mol. The Morgan fingerprint density at radius 3 is 2.62 bits per heavy atom. The minimum Gasteiger partial charge on any atom is -0.497 e. The van der Waals surface area contributed by atoms with Crippen LogP contribution in [0.3, 0.4) is 0 Å². The van der Waals surface area contributed by atoms with Crippen molar-refractivity contribution in [3.05, 3.63) is 47.8 Å². The number of hydrogen-bond acceptors (Lipinski definition) is 3. The number of aromatic nitrogens is 2. The Morgan fingerprint density at radius 2 is 2.00 bits per heavy atom.